The Kier molecular flexibility index (Phi) is 6.04. The highest BCUT2D eigenvalue weighted by Gasteiger charge is 2.72. The van der Waals surface area contributed by atoms with Crippen LogP contribution in [0, 0.1) is 0 Å². The second-order valence-electron chi connectivity index (χ2n) is 8.56. The third-order valence-corrected chi connectivity index (χ3v) is 6.11. The molecule has 0 bridgehead atoms. The van der Waals surface area contributed by atoms with E-state index in [2.05, 4.69) is 0 Å². The minimum absolute atomic E-state index is 0.00166. The summed E-state index contributed by atoms with van der Waals surface area (Å²) in [4.78, 5) is 11.4. The van der Waals surface area contributed by atoms with Crippen LogP contribution in [0.15, 0.2) is 23.3 Å². The lowest BCUT2D eigenvalue weighted by Gasteiger charge is -2.46. The first-order valence-electron chi connectivity index (χ1n) is 10.0. The topological polar surface area (TPSA) is 109 Å². The van der Waals surface area contributed by atoms with Crippen molar-refractivity contribution in [1.82, 2.24) is 0 Å². The van der Waals surface area contributed by atoms with Gasteiger partial charge in [0.25, 0.3) is 0 Å². The molecule has 2 aliphatic heterocycles. The molecule has 3 rings (SSSR count). The number of carbonyl (C=O) groups is 1. The molecule has 0 saturated carbocycles. The smallest absolute Gasteiger partial charge is 0.302 e. The Labute approximate surface area is 166 Å². The van der Waals surface area contributed by atoms with Crippen LogP contribution < -0.4 is 0 Å². The Balaban J connectivity index is 1.89. The van der Waals surface area contributed by atoms with Crippen molar-refractivity contribution in [3.05, 3.63) is 23.3 Å². The molecular formula is C21H32O7. The summed E-state index contributed by atoms with van der Waals surface area (Å²) in [7, 11) is 0. The summed E-state index contributed by atoms with van der Waals surface area (Å²) >= 11 is 0. The number of aliphatic hydroxyl groups excluding tert-OH is 3. The molecule has 0 aromatic rings. The van der Waals surface area contributed by atoms with E-state index in [4.69, 9.17) is 14.2 Å². The van der Waals surface area contributed by atoms with Crippen molar-refractivity contribution in [2.24, 2.45) is 0 Å². The first kappa shape index (κ1) is 21.5. The van der Waals surface area contributed by atoms with Gasteiger partial charge in [-0.2, -0.15) is 0 Å². The van der Waals surface area contributed by atoms with E-state index in [1.807, 2.05) is 32.9 Å². The lowest BCUT2D eigenvalue weighted by atomic mass is 9.72. The Hall–Kier alpha value is -1.25. The maximum Gasteiger partial charge on any atom is 0.302 e. The molecule has 3 aliphatic rings. The molecule has 1 unspecified atom stereocenters. The van der Waals surface area contributed by atoms with E-state index >= 15 is 0 Å². The summed E-state index contributed by atoms with van der Waals surface area (Å²) in [5, 5.41) is 31.0. The number of esters is 1. The van der Waals surface area contributed by atoms with Gasteiger partial charge in [0.05, 0.1) is 17.8 Å². The standard InChI is InChI=1S/C21H32O7/c1-5-13(23)8-6-7-9-14-15(11-26-12(2)22)18-21(19(28-21)17(14)25)10-16(24)20(3,4)27-18/h7,9,13,16-19,23-25H,5-6,8,10-11H2,1-4H3/t13?,16-,17+,18-,19-,21+/m0/s1. The lowest BCUT2D eigenvalue weighted by Crippen LogP contribution is -2.59. The molecule has 3 N–H and O–H groups in total. The summed E-state index contributed by atoms with van der Waals surface area (Å²) in [6.07, 6.45) is 3.18. The van der Waals surface area contributed by atoms with E-state index in [0.717, 1.165) is 0 Å². The summed E-state index contributed by atoms with van der Waals surface area (Å²) in [5.41, 5.74) is -0.262. The molecule has 1 aliphatic carbocycles. The third kappa shape index (κ3) is 3.91. The van der Waals surface area contributed by atoms with E-state index in [0.29, 0.717) is 36.8 Å². The van der Waals surface area contributed by atoms with Gasteiger partial charge in [-0.15, -0.1) is 0 Å². The molecule has 28 heavy (non-hydrogen) atoms. The largest absolute Gasteiger partial charge is 0.461 e. The van der Waals surface area contributed by atoms with Crippen molar-refractivity contribution in [1.29, 1.82) is 0 Å². The Morgan fingerprint density at radius 2 is 2.07 bits per heavy atom. The van der Waals surface area contributed by atoms with Gasteiger partial charge >= 0.3 is 5.97 Å². The number of allylic oxidation sites excluding steroid dienone is 1. The first-order chi connectivity index (χ1) is 13.1. The predicted octanol–water partition coefficient (Wildman–Crippen LogP) is 1.39. The Morgan fingerprint density at radius 3 is 2.71 bits per heavy atom. The number of hydrogen-bond donors (Lipinski definition) is 3. The zero-order valence-electron chi connectivity index (χ0n) is 17.1. The molecule has 1 spiro atoms. The van der Waals surface area contributed by atoms with Crippen LogP contribution in [0.1, 0.15) is 53.4 Å². The van der Waals surface area contributed by atoms with Crippen molar-refractivity contribution in [2.45, 2.75) is 95.1 Å². The Morgan fingerprint density at radius 1 is 1.36 bits per heavy atom. The van der Waals surface area contributed by atoms with Gasteiger partial charge in [-0.05, 0) is 38.7 Å². The molecule has 7 heteroatoms. The number of epoxide rings is 1. The van der Waals surface area contributed by atoms with Crippen molar-refractivity contribution in [2.75, 3.05) is 6.61 Å². The van der Waals surface area contributed by atoms with Gasteiger partial charge < -0.3 is 29.5 Å². The molecule has 0 radical (unpaired) electrons. The molecule has 2 fully saturated rings. The number of aliphatic hydroxyl groups is 3. The number of rotatable bonds is 7. The SMILES string of the molecule is CCC(O)CCC=CC1=C(COC(C)=O)[C@@H]2OC(C)(C)[C@@H](O)C[C@@]23O[C@H]3[C@@H]1O. The molecular weight excluding hydrogens is 364 g/mol. The molecule has 2 saturated heterocycles. The summed E-state index contributed by atoms with van der Waals surface area (Å²) in [6.45, 7) is 6.90. The fraction of sp³-hybridized carbons (Fsp3) is 0.762. The summed E-state index contributed by atoms with van der Waals surface area (Å²) < 4.78 is 17.3. The second kappa shape index (κ2) is 7.88. The zero-order chi connectivity index (χ0) is 20.7. The van der Waals surface area contributed by atoms with Crippen LogP contribution >= 0.6 is 0 Å². The third-order valence-electron chi connectivity index (χ3n) is 6.11. The number of carbonyl (C=O) groups excluding carboxylic acids is 1. The van der Waals surface area contributed by atoms with Crippen LogP contribution in [0.3, 0.4) is 0 Å². The van der Waals surface area contributed by atoms with Crippen LogP contribution in [-0.2, 0) is 19.0 Å². The van der Waals surface area contributed by atoms with Crippen molar-refractivity contribution in [3.63, 3.8) is 0 Å². The minimum atomic E-state index is -0.883. The van der Waals surface area contributed by atoms with Gasteiger partial charge in [0.15, 0.2) is 0 Å². The summed E-state index contributed by atoms with van der Waals surface area (Å²) in [6, 6.07) is 0. The molecule has 158 valence electrons. The Bertz CT molecular complexity index is 668. The molecule has 7 nitrogen and oxygen atoms in total. The molecule has 2 heterocycles. The van der Waals surface area contributed by atoms with E-state index in [1.54, 1.807) is 0 Å². The van der Waals surface area contributed by atoms with Gasteiger partial charge in [0.2, 0.25) is 0 Å². The highest BCUT2D eigenvalue weighted by Crippen LogP contribution is 2.58. The molecule has 6 atom stereocenters. The second-order valence-corrected chi connectivity index (χ2v) is 8.56. The van der Waals surface area contributed by atoms with Crippen LogP contribution in [-0.4, -0.2) is 69.6 Å². The maximum absolute atomic E-state index is 11.4. The monoisotopic (exact) mass is 396 g/mol. The van der Waals surface area contributed by atoms with Crippen LogP contribution in [0.2, 0.25) is 0 Å². The fourth-order valence-electron chi connectivity index (χ4n) is 4.16. The maximum atomic E-state index is 11.4. The highest BCUT2D eigenvalue weighted by molar-refractivity contribution is 5.66. The zero-order valence-corrected chi connectivity index (χ0v) is 17.1. The van der Waals surface area contributed by atoms with Crippen molar-refractivity contribution in [3.8, 4) is 0 Å². The first-order valence-corrected chi connectivity index (χ1v) is 10.0. The van der Waals surface area contributed by atoms with Crippen molar-refractivity contribution < 1.29 is 34.3 Å². The average molecular weight is 396 g/mol. The quantitative estimate of drug-likeness (QED) is 0.441. The van der Waals surface area contributed by atoms with Crippen LogP contribution in [0.25, 0.3) is 0 Å². The van der Waals surface area contributed by atoms with Gasteiger partial charge in [0, 0.05) is 18.9 Å². The van der Waals surface area contributed by atoms with Gasteiger partial charge in [-0.25, -0.2) is 0 Å². The van der Waals surface area contributed by atoms with Crippen LogP contribution in [0.5, 0.6) is 0 Å². The van der Waals surface area contributed by atoms with Gasteiger partial charge in [-0.1, -0.05) is 19.1 Å². The number of hydrogen-bond acceptors (Lipinski definition) is 7. The number of ether oxygens (including phenoxy) is 3. The normalized spacial score (nSPS) is 37.4. The van der Waals surface area contributed by atoms with E-state index in [1.165, 1.54) is 6.92 Å². The molecule has 0 aromatic carbocycles. The predicted molar refractivity (Wildman–Crippen MR) is 102 cm³/mol. The van der Waals surface area contributed by atoms with Crippen LogP contribution in [0.4, 0.5) is 0 Å². The lowest BCUT2D eigenvalue weighted by molar-refractivity contribution is -0.191. The molecule has 0 aromatic heterocycles. The van der Waals surface area contributed by atoms with E-state index in [-0.39, 0.29) is 12.7 Å². The van der Waals surface area contributed by atoms with E-state index < -0.39 is 41.6 Å². The van der Waals surface area contributed by atoms with E-state index in [9.17, 15) is 20.1 Å². The molecule has 0 amide bonds. The highest BCUT2D eigenvalue weighted by atomic mass is 16.7. The van der Waals surface area contributed by atoms with Gasteiger partial charge in [0.1, 0.15) is 30.5 Å². The summed E-state index contributed by atoms with van der Waals surface area (Å²) in [5.74, 6) is -0.417. The minimum Gasteiger partial charge on any atom is -0.461 e. The average Bonchev–Trinajstić information content (AvgIpc) is 3.34. The van der Waals surface area contributed by atoms with Crippen molar-refractivity contribution >= 4 is 5.97 Å². The van der Waals surface area contributed by atoms with Gasteiger partial charge in [-0.3, -0.25) is 4.79 Å². The fourth-order valence-corrected chi connectivity index (χ4v) is 4.16.